The number of nitrogens with zero attached hydrogens (tertiary/aromatic N) is 2. The number of amides is 1. The van der Waals surface area contributed by atoms with Crippen LogP contribution in [0.25, 0.3) is 11.3 Å². The fourth-order valence-corrected chi connectivity index (χ4v) is 5.99. The Morgan fingerprint density at radius 2 is 1.88 bits per heavy atom. The highest BCUT2D eigenvalue weighted by Gasteiger charge is 2.32. The minimum atomic E-state index is -3.55. The normalized spacial score (nSPS) is 15.2. The molecular weight excluding hydrogens is 460 g/mol. The Morgan fingerprint density at radius 3 is 2.52 bits per heavy atom. The molecule has 3 aromatic rings. The van der Waals surface area contributed by atoms with Gasteiger partial charge in [-0.25, -0.2) is 13.4 Å². The van der Waals surface area contributed by atoms with Crippen molar-refractivity contribution in [2.45, 2.75) is 17.7 Å². The van der Waals surface area contributed by atoms with Crippen LogP contribution in [0.3, 0.4) is 0 Å². The Bertz CT molecular complexity index is 1220. The van der Waals surface area contributed by atoms with Gasteiger partial charge >= 0.3 is 0 Å². The van der Waals surface area contributed by atoms with Gasteiger partial charge in [-0.2, -0.15) is 4.31 Å². The number of hydrogen-bond donors (Lipinski definition) is 2. The van der Waals surface area contributed by atoms with E-state index < -0.39 is 10.0 Å². The van der Waals surface area contributed by atoms with E-state index in [-0.39, 0.29) is 16.7 Å². The maximum absolute atomic E-state index is 13.0. The van der Waals surface area contributed by atoms with Crippen molar-refractivity contribution in [3.8, 4) is 17.0 Å². The molecule has 0 unspecified atom stereocenters. The van der Waals surface area contributed by atoms with Crippen LogP contribution in [-0.2, 0) is 14.8 Å². The van der Waals surface area contributed by atoms with Crippen molar-refractivity contribution in [1.82, 2.24) is 9.29 Å². The highest BCUT2D eigenvalue weighted by atomic mass is 32.2. The number of methoxy groups -OCH3 is 1. The smallest absolute Gasteiger partial charge is 0.243 e. The van der Waals surface area contributed by atoms with E-state index in [0.717, 1.165) is 16.4 Å². The minimum absolute atomic E-state index is 0.142. The molecule has 0 spiro atoms. The summed E-state index contributed by atoms with van der Waals surface area (Å²) in [5.74, 6) is 0.132. The number of thiazole rings is 1. The molecule has 1 fully saturated rings. The number of aromatic nitrogens is 1. The SMILES string of the molecule is CNc1nc(-c2ccc(OC)c(NC(=O)C3CCN(S(=O)(=O)c4ccccc4)CC3)c2)cs1. The van der Waals surface area contributed by atoms with Crippen molar-refractivity contribution in [3.63, 3.8) is 0 Å². The molecule has 2 heterocycles. The van der Waals surface area contributed by atoms with Gasteiger partial charge in [0.2, 0.25) is 15.9 Å². The molecular formula is C23H26N4O4S2. The second-order valence-electron chi connectivity index (χ2n) is 7.68. The van der Waals surface area contributed by atoms with Crippen LogP contribution in [-0.4, -0.2) is 50.9 Å². The molecule has 1 aliphatic heterocycles. The largest absolute Gasteiger partial charge is 0.495 e. The molecule has 8 nitrogen and oxygen atoms in total. The van der Waals surface area contributed by atoms with Gasteiger partial charge in [0, 0.05) is 37.0 Å². The van der Waals surface area contributed by atoms with E-state index >= 15 is 0 Å². The Balaban J connectivity index is 1.44. The van der Waals surface area contributed by atoms with Crippen LogP contribution in [0.4, 0.5) is 10.8 Å². The lowest BCUT2D eigenvalue weighted by atomic mass is 9.97. The quantitative estimate of drug-likeness (QED) is 0.525. The Labute approximate surface area is 197 Å². The summed E-state index contributed by atoms with van der Waals surface area (Å²) in [7, 11) is -0.173. The summed E-state index contributed by atoms with van der Waals surface area (Å²) < 4.78 is 32.5. The number of hydrogen-bond acceptors (Lipinski definition) is 7. The van der Waals surface area contributed by atoms with Gasteiger partial charge in [0.05, 0.1) is 23.4 Å². The highest BCUT2D eigenvalue weighted by molar-refractivity contribution is 7.89. The van der Waals surface area contributed by atoms with Crippen molar-refractivity contribution in [2.75, 3.05) is 37.9 Å². The van der Waals surface area contributed by atoms with Crippen molar-refractivity contribution >= 4 is 38.1 Å². The van der Waals surface area contributed by atoms with E-state index in [0.29, 0.717) is 37.4 Å². The van der Waals surface area contributed by atoms with Gasteiger partial charge in [0.15, 0.2) is 5.13 Å². The van der Waals surface area contributed by atoms with E-state index in [1.807, 2.05) is 24.6 Å². The zero-order valence-corrected chi connectivity index (χ0v) is 20.1. The van der Waals surface area contributed by atoms with Gasteiger partial charge in [-0.05, 0) is 43.2 Å². The van der Waals surface area contributed by atoms with Crippen molar-refractivity contribution in [1.29, 1.82) is 0 Å². The van der Waals surface area contributed by atoms with Crippen LogP contribution in [0.2, 0.25) is 0 Å². The monoisotopic (exact) mass is 486 g/mol. The molecule has 4 rings (SSSR count). The third-order valence-corrected chi connectivity index (χ3v) is 8.45. The standard InChI is InChI=1S/C23H26N4O4S2/c1-24-23-26-20(15-32-23)17-8-9-21(31-2)19(14-17)25-22(28)16-10-12-27(13-11-16)33(29,30)18-6-4-3-5-7-18/h3-9,14-16H,10-13H2,1-2H3,(H,24,26)(H,25,28). The maximum Gasteiger partial charge on any atom is 0.243 e. The molecule has 0 saturated carbocycles. The lowest BCUT2D eigenvalue weighted by Crippen LogP contribution is -2.41. The average molecular weight is 487 g/mol. The molecule has 0 radical (unpaired) electrons. The van der Waals surface area contributed by atoms with Crippen LogP contribution in [0.1, 0.15) is 12.8 Å². The zero-order chi connectivity index (χ0) is 23.4. The van der Waals surface area contributed by atoms with Crippen LogP contribution >= 0.6 is 11.3 Å². The Morgan fingerprint density at radius 1 is 1.15 bits per heavy atom. The molecule has 2 N–H and O–H groups in total. The summed E-state index contributed by atoms with van der Waals surface area (Å²) in [6.07, 6.45) is 0.912. The van der Waals surface area contributed by atoms with E-state index in [2.05, 4.69) is 15.6 Å². The molecule has 0 bridgehead atoms. The van der Waals surface area contributed by atoms with Crippen molar-refractivity contribution in [2.24, 2.45) is 5.92 Å². The lowest BCUT2D eigenvalue weighted by molar-refractivity contribution is -0.120. The first kappa shape index (κ1) is 23.2. The number of ether oxygens (including phenoxy) is 1. The van der Waals surface area contributed by atoms with Crippen molar-refractivity contribution < 1.29 is 17.9 Å². The topological polar surface area (TPSA) is 101 Å². The number of carbonyl (C=O) groups is 1. The summed E-state index contributed by atoms with van der Waals surface area (Å²) in [4.78, 5) is 17.8. The number of nitrogens with one attached hydrogen (secondary N) is 2. The fourth-order valence-electron chi connectivity index (χ4n) is 3.82. The molecule has 0 aliphatic carbocycles. The molecule has 2 aromatic carbocycles. The van der Waals surface area contributed by atoms with Crippen LogP contribution in [0.15, 0.2) is 58.8 Å². The molecule has 1 aliphatic rings. The first-order valence-electron chi connectivity index (χ1n) is 10.6. The van der Waals surface area contributed by atoms with Crippen LogP contribution in [0, 0.1) is 5.92 Å². The summed E-state index contributed by atoms with van der Waals surface area (Å²) in [6.45, 7) is 0.607. The van der Waals surface area contributed by atoms with Gasteiger partial charge in [-0.3, -0.25) is 4.79 Å². The summed E-state index contributed by atoms with van der Waals surface area (Å²) in [5, 5.41) is 8.75. The number of carbonyl (C=O) groups excluding carboxylic acids is 1. The van der Waals surface area contributed by atoms with Gasteiger partial charge in [0.25, 0.3) is 0 Å². The molecule has 1 amide bonds. The molecule has 33 heavy (non-hydrogen) atoms. The molecule has 10 heteroatoms. The first-order chi connectivity index (χ1) is 15.9. The zero-order valence-electron chi connectivity index (χ0n) is 18.4. The Hall–Kier alpha value is -2.95. The fraction of sp³-hybridized carbons (Fsp3) is 0.304. The number of piperidine rings is 1. The predicted octanol–water partition coefficient (Wildman–Crippen LogP) is 3.90. The second-order valence-corrected chi connectivity index (χ2v) is 10.5. The highest BCUT2D eigenvalue weighted by Crippen LogP contribution is 2.33. The van der Waals surface area contributed by atoms with Crippen molar-refractivity contribution in [3.05, 3.63) is 53.9 Å². The summed E-state index contributed by atoms with van der Waals surface area (Å²) >= 11 is 1.50. The number of benzene rings is 2. The van der Waals surface area contributed by atoms with Crippen LogP contribution < -0.4 is 15.4 Å². The van der Waals surface area contributed by atoms with Gasteiger partial charge in [-0.15, -0.1) is 11.3 Å². The van der Waals surface area contributed by atoms with Gasteiger partial charge in [0.1, 0.15) is 5.75 Å². The molecule has 1 aromatic heterocycles. The van der Waals surface area contributed by atoms with E-state index in [9.17, 15) is 13.2 Å². The van der Waals surface area contributed by atoms with Gasteiger partial charge in [-0.1, -0.05) is 18.2 Å². The predicted molar refractivity (Wildman–Crippen MR) is 130 cm³/mol. The van der Waals surface area contributed by atoms with Gasteiger partial charge < -0.3 is 15.4 Å². The number of anilines is 2. The lowest BCUT2D eigenvalue weighted by Gasteiger charge is -2.30. The average Bonchev–Trinajstić information content (AvgIpc) is 3.34. The molecule has 1 saturated heterocycles. The third kappa shape index (κ3) is 5.02. The van der Waals surface area contributed by atoms with Crippen LogP contribution in [0.5, 0.6) is 5.75 Å². The maximum atomic E-state index is 13.0. The van der Waals surface area contributed by atoms with E-state index in [1.165, 1.54) is 15.6 Å². The number of rotatable bonds is 7. The third-order valence-electron chi connectivity index (χ3n) is 5.68. The Kier molecular flexibility index (Phi) is 6.96. The first-order valence-corrected chi connectivity index (χ1v) is 12.9. The minimum Gasteiger partial charge on any atom is -0.495 e. The molecule has 174 valence electrons. The number of sulfonamides is 1. The van der Waals surface area contributed by atoms with E-state index in [1.54, 1.807) is 43.5 Å². The summed E-state index contributed by atoms with van der Waals surface area (Å²) in [6, 6.07) is 13.9. The second kappa shape index (κ2) is 9.90. The molecule has 0 atom stereocenters. The van der Waals surface area contributed by atoms with E-state index in [4.69, 9.17) is 4.74 Å². The summed E-state index contributed by atoms with van der Waals surface area (Å²) in [5.41, 5.74) is 2.24.